The fraction of sp³-hybridized carbons (Fsp3) is 0.529. The molecule has 0 saturated carbocycles. The van der Waals surface area contributed by atoms with Gasteiger partial charge < -0.3 is 14.1 Å². The number of rotatable bonds is 4. The van der Waals surface area contributed by atoms with Gasteiger partial charge in [0, 0.05) is 50.1 Å². The Morgan fingerprint density at radius 1 is 1.29 bits per heavy atom. The first-order valence-corrected chi connectivity index (χ1v) is 8.36. The Hall–Kier alpha value is -2.12. The van der Waals surface area contributed by atoms with Gasteiger partial charge in [0.2, 0.25) is 5.91 Å². The topological polar surface area (TPSA) is 63.7 Å². The summed E-state index contributed by atoms with van der Waals surface area (Å²) in [5.41, 5.74) is 1.16. The van der Waals surface area contributed by atoms with Crippen LogP contribution < -0.4 is 0 Å². The van der Waals surface area contributed by atoms with Crippen molar-refractivity contribution in [1.29, 1.82) is 0 Å². The summed E-state index contributed by atoms with van der Waals surface area (Å²) < 4.78 is 12.7. The monoisotopic (exact) mass is 330 g/mol. The van der Waals surface area contributed by atoms with Crippen LogP contribution >= 0.6 is 0 Å². The van der Waals surface area contributed by atoms with Crippen LogP contribution in [0, 0.1) is 5.92 Å². The summed E-state index contributed by atoms with van der Waals surface area (Å²) in [6.45, 7) is 4.91. The van der Waals surface area contributed by atoms with E-state index in [9.17, 15) is 4.79 Å². The van der Waals surface area contributed by atoms with Crippen LogP contribution in [0.15, 0.2) is 41.5 Å². The molecule has 0 unspecified atom stereocenters. The third kappa shape index (κ3) is 3.37. The molecule has 0 aliphatic carbocycles. The fourth-order valence-electron chi connectivity index (χ4n) is 3.58. The van der Waals surface area contributed by atoms with Crippen molar-refractivity contribution >= 4 is 5.91 Å². The maximum absolute atomic E-state index is 12.7. The second-order valence-electron chi connectivity index (χ2n) is 6.62. The molecule has 24 heavy (non-hydrogen) atoms. The third-order valence-electron chi connectivity index (χ3n) is 4.76. The molecule has 1 amide bonds. The highest BCUT2D eigenvalue weighted by molar-refractivity contribution is 5.76. The highest BCUT2D eigenvalue weighted by Gasteiger charge is 2.35. The standard InChI is InChI=1S/C17H22N4O3/c22-17(10-21-4-1-3-18-21)20-8-15-7-19(6-14-2-5-23-11-14)16(9-20)13-24-12-15/h1-5,11,15-16H,6-10,12-13H2/t15-,16+/m1/s1. The lowest BCUT2D eigenvalue weighted by Crippen LogP contribution is -2.46. The molecule has 7 nitrogen and oxygen atoms in total. The van der Waals surface area contributed by atoms with Gasteiger partial charge in [-0.25, -0.2) is 0 Å². The molecule has 0 aromatic carbocycles. The van der Waals surface area contributed by atoms with E-state index in [4.69, 9.17) is 9.15 Å². The van der Waals surface area contributed by atoms with E-state index in [2.05, 4.69) is 10.00 Å². The molecule has 2 aliphatic heterocycles. The third-order valence-corrected chi connectivity index (χ3v) is 4.76. The summed E-state index contributed by atoms with van der Waals surface area (Å²) in [4.78, 5) is 17.1. The summed E-state index contributed by atoms with van der Waals surface area (Å²) in [6, 6.07) is 4.05. The van der Waals surface area contributed by atoms with E-state index in [1.807, 2.05) is 23.2 Å². The van der Waals surface area contributed by atoms with Crippen molar-refractivity contribution in [3.05, 3.63) is 42.6 Å². The Labute approximate surface area is 140 Å². The normalized spacial score (nSPS) is 24.8. The molecular weight excluding hydrogens is 308 g/mol. The molecule has 2 saturated heterocycles. The van der Waals surface area contributed by atoms with E-state index in [1.165, 1.54) is 0 Å². The van der Waals surface area contributed by atoms with Gasteiger partial charge in [0.1, 0.15) is 6.54 Å². The van der Waals surface area contributed by atoms with E-state index in [1.54, 1.807) is 23.4 Å². The molecule has 0 N–H and O–H groups in total. The molecule has 4 heterocycles. The lowest BCUT2D eigenvalue weighted by Gasteiger charge is -2.31. The molecule has 7 heteroatoms. The van der Waals surface area contributed by atoms with Crippen LogP contribution in [0.4, 0.5) is 0 Å². The number of amides is 1. The molecule has 4 rings (SSSR count). The van der Waals surface area contributed by atoms with Crippen molar-refractivity contribution in [2.45, 2.75) is 19.1 Å². The molecular formula is C17H22N4O3. The maximum atomic E-state index is 12.7. The van der Waals surface area contributed by atoms with Gasteiger partial charge in [-0.15, -0.1) is 0 Å². The molecule has 2 fully saturated rings. The molecule has 0 spiro atoms. The van der Waals surface area contributed by atoms with Crippen LogP contribution in [-0.2, 0) is 22.6 Å². The van der Waals surface area contributed by atoms with E-state index in [-0.39, 0.29) is 11.9 Å². The van der Waals surface area contributed by atoms with Crippen molar-refractivity contribution in [3.63, 3.8) is 0 Å². The molecule has 2 aliphatic rings. The number of hydrogen-bond acceptors (Lipinski definition) is 5. The fourth-order valence-corrected chi connectivity index (χ4v) is 3.58. The number of furan rings is 1. The first-order chi connectivity index (χ1) is 11.8. The minimum Gasteiger partial charge on any atom is -0.472 e. The zero-order chi connectivity index (χ0) is 16.4. The van der Waals surface area contributed by atoms with Gasteiger partial charge in [-0.3, -0.25) is 14.4 Å². The van der Waals surface area contributed by atoms with Crippen LogP contribution in [0.3, 0.4) is 0 Å². The van der Waals surface area contributed by atoms with Crippen molar-refractivity contribution in [3.8, 4) is 0 Å². The highest BCUT2D eigenvalue weighted by Crippen LogP contribution is 2.22. The van der Waals surface area contributed by atoms with Gasteiger partial charge in [-0.2, -0.15) is 5.10 Å². The van der Waals surface area contributed by atoms with E-state index in [0.29, 0.717) is 32.2 Å². The van der Waals surface area contributed by atoms with Gasteiger partial charge >= 0.3 is 0 Å². The average Bonchev–Trinajstić information content (AvgIpc) is 3.16. The van der Waals surface area contributed by atoms with Crippen LogP contribution in [0.25, 0.3) is 0 Å². The lowest BCUT2D eigenvalue weighted by atomic mass is 10.1. The number of aromatic nitrogens is 2. The Bertz CT molecular complexity index is 655. The van der Waals surface area contributed by atoms with Crippen molar-refractivity contribution < 1.29 is 13.9 Å². The minimum atomic E-state index is 0.126. The number of nitrogens with zero attached hydrogens (tertiary/aromatic N) is 4. The number of carbonyl (C=O) groups is 1. The summed E-state index contributed by atoms with van der Waals surface area (Å²) in [6.07, 6.45) is 7.02. The van der Waals surface area contributed by atoms with E-state index < -0.39 is 0 Å². The van der Waals surface area contributed by atoms with E-state index >= 15 is 0 Å². The molecule has 0 radical (unpaired) electrons. The van der Waals surface area contributed by atoms with Gasteiger partial charge in [0.15, 0.2) is 0 Å². The maximum Gasteiger partial charge on any atom is 0.244 e. The second kappa shape index (κ2) is 6.78. The van der Waals surface area contributed by atoms with Crippen LogP contribution in [0.2, 0.25) is 0 Å². The first-order valence-electron chi connectivity index (χ1n) is 8.36. The quantitative estimate of drug-likeness (QED) is 0.831. The largest absolute Gasteiger partial charge is 0.472 e. The minimum absolute atomic E-state index is 0.126. The van der Waals surface area contributed by atoms with Gasteiger partial charge in [-0.1, -0.05) is 0 Å². The number of carbonyl (C=O) groups excluding carboxylic acids is 1. The summed E-state index contributed by atoms with van der Waals surface area (Å²) in [5, 5.41) is 4.14. The zero-order valence-corrected chi connectivity index (χ0v) is 13.6. The van der Waals surface area contributed by atoms with Crippen molar-refractivity contribution in [2.75, 3.05) is 32.8 Å². The number of ether oxygens (including phenoxy) is 1. The highest BCUT2D eigenvalue weighted by atomic mass is 16.5. The lowest BCUT2D eigenvalue weighted by molar-refractivity contribution is -0.134. The van der Waals surface area contributed by atoms with E-state index in [0.717, 1.165) is 25.2 Å². The number of hydrogen-bond donors (Lipinski definition) is 0. The zero-order valence-electron chi connectivity index (χ0n) is 13.6. The Morgan fingerprint density at radius 2 is 2.25 bits per heavy atom. The predicted molar refractivity (Wildman–Crippen MR) is 86.0 cm³/mol. The Kier molecular flexibility index (Phi) is 4.36. The summed E-state index contributed by atoms with van der Waals surface area (Å²) >= 11 is 0. The summed E-state index contributed by atoms with van der Waals surface area (Å²) in [7, 11) is 0. The first kappa shape index (κ1) is 15.4. The van der Waals surface area contributed by atoms with Crippen LogP contribution in [0.1, 0.15) is 5.56 Å². The molecule has 128 valence electrons. The average molecular weight is 330 g/mol. The molecule has 2 bridgehead atoms. The van der Waals surface area contributed by atoms with Crippen LogP contribution in [-0.4, -0.2) is 64.4 Å². The molecule has 2 atom stereocenters. The SMILES string of the molecule is O=C(Cn1cccn1)N1C[C@@H]2COC[C@H](C1)N(Cc1ccoc1)C2. The Morgan fingerprint density at radius 3 is 3.04 bits per heavy atom. The predicted octanol–water partition coefficient (Wildman–Crippen LogP) is 0.836. The van der Waals surface area contributed by atoms with Gasteiger partial charge in [0.25, 0.3) is 0 Å². The van der Waals surface area contributed by atoms with Gasteiger partial charge in [-0.05, 0) is 12.1 Å². The van der Waals surface area contributed by atoms with Crippen molar-refractivity contribution in [2.24, 2.45) is 5.92 Å². The summed E-state index contributed by atoms with van der Waals surface area (Å²) in [5.74, 6) is 0.465. The molecule has 2 aromatic rings. The number of fused-ring (bicyclic) bond motifs is 3. The Balaban J connectivity index is 1.46. The molecule has 2 aromatic heterocycles. The second-order valence-corrected chi connectivity index (χ2v) is 6.62. The van der Waals surface area contributed by atoms with Gasteiger partial charge in [0.05, 0.1) is 31.8 Å². The smallest absolute Gasteiger partial charge is 0.244 e. The van der Waals surface area contributed by atoms with Crippen LogP contribution in [0.5, 0.6) is 0 Å². The van der Waals surface area contributed by atoms with Crippen molar-refractivity contribution in [1.82, 2.24) is 19.6 Å².